The van der Waals surface area contributed by atoms with Gasteiger partial charge in [0.25, 0.3) is 0 Å². The SMILES string of the molecule is COc1ccc(/C(COc2cccc3ccccc23)=N/O)cc1. The van der Waals surface area contributed by atoms with E-state index >= 15 is 0 Å². The smallest absolute Gasteiger partial charge is 0.134 e. The highest BCUT2D eigenvalue weighted by atomic mass is 16.5. The maximum atomic E-state index is 9.27. The van der Waals surface area contributed by atoms with Gasteiger partial charge in [-0.05, 0) is 35.7 Å². The third kappa shape index (κ3) is 3.26. The molecule has 0 saturated heterocycles. The van der Waals surface area contributed by atoms with Gasteiger partial charge >= 0.3 is 0 Å². The summed E-state index contributed by atoms with van der Waals surface area (Å²) in [5.41, 5.74) is 1.24. The van der Waals surface area contributed by atoms with Gasteiger partial charge in [0, 0.05) is 10.9 Å². The molecule has 0 aliphatic rings. The van der Waals surface area contributed by atoms with Crippen molar-refractivity contribution in [1.29, 1.82) is 0 Å². The van der Waals surface area contributed by atoms with Gasteiger partial charge in [-0.3, -0.25) is 0 Å². The van der Waals surface area contributed by atoms with Gasteiger partial charge in [0.05, 0.1) is 7.11 Å². The molecular formula is C19H17NO3. The molecule has 1 N–H and O–H groups in total. The van der Waals surface area contributed by atoms with Crippen LogP contribution in [0.15, 0.2) is 71.9 Å². The van der Waals surface area contributed by atoms with Gasteiger partial charge in [-0.15, -0.1) is 0 Å². The van der Waals surface area contributed by atoms with Gasteiger partial charge in [-0.2, -0.15) is 0 Å². The molecule has 0 aliphatic carbocycles. The van der Waals surface area contributed by atoms with Gasteiger partial charge < -0.3 is 14.7 Å². The van der Waals surface area contributed by atoms with Crippen molar-refractivity contribution in [2.24, 2.45) is 5.16 Å². The Hall–Kier alpha value is -3.01. The summed E-state index contributed by atoms with van der Waals surface area (Å²) in [4.78, 5) is 0. The molecule has 4 heteroatoms. The van der Waals surface area contributed by atoms with E-state index in [2.05, 4.69) is 5.16 Å². The standard InChI is InChI=1S/C19H17NO3/c1-22-16-11-9-15(10-12-16)18(20-21)13-23-19-8-4-6-14-5-2-3-7-17(14)19/h2-12,21H,13H2,1H3/b20-18+. The Morgan fingerprint density at radius 1 is 0.957 bits per heavy atom. The minimum Gasteiger partial charge on any atom is -0.497 e. The zero-order valence-electron chi connectivity index (χ0n) is 12.8. The van der Waals surface area contributed by atoms with Crippen LogP contribution in [0, 0.1) is 0 Å². The lowest BCUT2D eigenvalue weighted by molar-refractivity contribution is 0.308. The second kappa shape index (κ2) is 6.83. The molecule has 0 radical (unpaired) electrons. The first-order chi connectivity index (χ1) is 11.3. The van der Waals surface area contributed by atoms with Crippen molar-refractivity contribution in [1.82, 2.24) is 0 Å². The van der Waals surface area contributed by atoms with Crippen molar-refractivity contribution in [3.05, 3.63) is 72.3 Å². The number of benzene rings is 3. The summed E-state index contributed by atoms with van der Waals surface area (Å²) in [7, 11) is 1.61. The van der Waals surface area contributed by atoms with Gasteiger partial charge in [-0.1, -0.05) is 41.6 Å². The van der Waals surface area contributed by atoms with Crippen molar-refractivity contribution in [2.45, 2.75) is 0 Å². The lowest BCUT2D eigenvalue weighted by Gasteiger charge is -2.11. The molecule has 0 saturated carbocycles. The number of methoxy groups -OCH3 is 1. The first-order valence-electron chi connectivity index (χ1n) is 7.28. The normalized spacial score (nSPS) is 11.4. The topological polar surface area (TPSA) is 51.0 Å². The minimum atomic E-state index is 0.177. The molecule has 0 unspecified atom stereocenters. The van der Waals surface area contributed by atoms with E-state index in [1.807, 2.05) is 66.7 Å². The van der Waals surface area contributed by atoms with Crippen LogP contribution in [0.1, 0.15) is 5.56 Å². The van der Waals surface area contributed by atoms with Crippen LogP contribution in [-0.4, -0.2) is 24.6 Å². The van der Waals surface area contributed by atoms with Crippen molar-refractivity contribution in [2.75, 3.05) is 13.7 Å². The molecule has 0 aliphatic heterocycles. The number of nitrogens with zero attached hydrogens (tertiary/aromatic N) is 1. The van der Waals surface area contributed by atoms with E-state index in [1.54, 1.807) is 7.11 Å². The first-order valence-corrected chi connectivity index (χ1v) is 7.28. The van der Waals surface area contributed by atoms with Crippen molar-refractivity contribution in [3.63, 3.8) is 0 Å². The van der Waals surface area contributed by atoms with Gasteiger partial charge in [0.2, 0.25) is 0 Å². The van der Waals surface area contributed by atoms with Crippen LogP contribution in [-0.2, 0) is 0 Å². The molecule has 0 bridgehead atoms. The zero-order valence-corrected chi connectivity index (χ0v) is 12.8. The van der Waals surface area contributed by atoms with Crippen LogP contribution >= 0.6 is 0 Å². The second-order valence-electron chi connectivity index (χ2n) is 5.04. The quantitative estimate of drug-likeness (QED) is 0.438. The lowest BCUT2D eigenvalue weighted by atomic mass is 10.1. The van der Waals surface area contributed by atoms with Crippen molar-refractivity contribution >= 4 is 16.5 Å². The van der Waals surface area contributed by atoms with E-state index in [0.717, 1.165) is 27.8 Å². The number of ether oxygens (including phenoxy) is 2. The molecule has 23 heavy (non-hydrogen) atoms. The molecule has 0 heterocycles. The summed E-state index contributed by atoms with van der Waals surface area (Å²) in [5.74, 6) is 1.51. The summed E-state index contributed by atoms with van der Waals surface area (Å²) in [6.07, 6.45) is 0. The van der Waals surface area contributed by atoms with Crippen LogP contribution in [0.3, 0.4) is 0 Å². The summed E-state index contributed by atoms with van der Waals surface area (Å²) in [5, 5.41) is 14.8. The van der Waals surface area contributed by atoms with E-state index in [4.69, 9.17) is 9.47 Å². The summed E-state index contributed by atoms with van der Waals surface area (Å²) in [6.45, 7) is 0.177. The highest BCUT2D eigenvalue weighted by molar-refractivity contribution is 6.01. The molecule has 3 aromatic rings. The Morgan fingerprint density at radius 3 is 2.43 bits per heavy atom. The zero-order chi connectivity index (χ0) is 16.1. The second-order valence-corrected chi connectivity index (χ2v) is 5.04. The summed E-state index contributed by atoms with van der Waals surface area (Å²) >= 11 is 0. The molecule has 3 rings (SSSR count). The van der Waals surface area contributed by atoms with Crippen molar-refractivity contribution < 1.29 is 14.7 Å². The molecule has 0 aromatic heterocycles. The fourth-order valence-corrected chi connectivity index (χ4v) is 2.42. The third-order valence-electron chi connectivity index (χ3n) is 3.66. The Labute approximate surface area is 134 Å². The molecule has 0 spiro atoms. The minimum absolute atomic E-state index is 0.177. The van der Waals surface area contributed by atoms with Gasteiger partial charge in [0.15, 0.2) is 0 Å². The highest BCUT2D eigenvalue weighted by Gasteiger charge is 2.08. The number of rotatable bonds is 5. The number of fused-ring (bicyclic) bond motifs is 1. The molecule has 4 nitrogen and oxygen atoms in total. The monoisotopic (exact) mass is 307 g/mol. The molecule has 0 atom stereocenters. The van der Waals surface area contributed by atoms with E-state index in [-0.39, 0.29) is 6.61 Å². The van der Waals surface area contributed by atoms with Crippen molar-refractivity contribution in [3.8, 4) is 11.5 Å². The third-order valence-corrected chi connectivity index (χ3v) is 3.66. The first kappa shape index (κ1) is 14.9. The molecule has 3 aromatic carbocycles. The van der Waals surface area contributed by atoms with E-state index in [1.165, 1.54) is 0 Å². The lowest BCUT2D eigenvalue weighted by Crippen LogP contribution is -2.13. The predicted molar refractivity (Wildman–Crippen MR) is 90.8 cm³/mol. The van der Waals surface area contributed by atoms with Crippen LogP contribution in [0.4, 0.5) is 0 Å². The number of hydrogen-bond acceptors (Lipinski definition) is 4. The summed E-state index contributed by atoms with van der Waals surface area (Å²) < 4.78 is 11.0. The number of hydrogen-bond donors (Lipinski definition) is 1. The van der Waals surface area contributed by atoms with E-state index < -0.39 is 0 Å². The average molecular weight is 307 g/mol. The fourth-order valence-electron chi connectivity index (χ4n) is 2.42. The largest absolute Gasteiger partial charge is 0.497 e. The van der Waals surface area contributed by atoms with E-state index in [0.29, 0.717) is 5.71 Å². The maximum Gasteiger partial charge on any atom is 0.134 e. The van der Waals surface area contributed by atoms with E-state index in [9.17, 15) is 5.21 Å². The highest BCUT2D eigenvalue weighted by Crippen LogP contribution is 2.25. The Balaban J connectivity index is 1.79. The Kier molecular flexibility index (Phi) is 4.43. The summed E-state index contributed by atoms with van der Waals surface area (Å²) in [6, 6.07) is 21.2. The van der Waals surface area contributed by atoms with Crippen LogP contribution in [0.25, 0.3) is 10.8 Å². The fraction of sp³-hybridized carbons (Fsp3) is 0.105. The predicted octanol–water partition coefficient (Wildman–Crippen LogP) is 4.11. The van der Waals surface area contributed by atoms with Gasteiger partial charge in [-0.25, -0.2) is 0 Å². The van der Waals surface area contributed by atoms with Crippen LogP contribution < -0.4 is 9.47 Å². The average Bonchev–Trinajstić information content (AvgIpc) is 2.63. The van der Waals surface area contributed by atoms with Crippen LogP contribution in [0.2, 0.25) is 0 Å². The molecular weight excluding hydrogens is 290 g/mol. The molecule has 116 valence electrons. The Morgan fingerprint density at radius 2 is 1.70 bits per heavy atom. The molecule has 0 amide bonds. The van der Waals surface area contributed by atoms with Gasteiger partial charge in [0.1, 0.15) is 23.8 Å². The number of oxime groups is 1. The molecule has 0 fully saturated rings. The van der Waals surface area contributed by atoms with Crippen LogP contribution in [0.5, 0.6) is 11.5 Å². The maximum absolute atomic E-state index is 9.27. The Bertz CT molecular complexity index is 820.